The third-order valence-corrected chi connectivity index (χ3v) is 5.45. The highest BCUT2D eigenvalue weighted by Crippen LogP contribution is 2.31. The van der Waals surface area contributed by atoms with Gasteiger partial charge in [-0.2, -0.15) is 0 Å². The molecule has 4 aromatic rings. The molecule has 7 nitrogen and oxygen atoms in total. The van der Waals surface area contributed by atoms with Gasteiger partial charge in [0.2, 0.25) is 0 Å². The average molecular weight is 471 g/mol. The summed E-state index contributed by atoms with van der Waals surface area (Å²) in [5.41, 5.74) is 0.503. The van der Waals surface area contributed by atoms with E-state index in [2.05, 4.69) is 4.98 Å². The van der Waals surface area contributed by atoms with Crippen LogP contribution in [0.3, 0.4) is 0 Å². The van der Waals surface area contributed by atoms with Crippen LogP contribution < -0.4 is 19.9 Å². The SMILES string of the molecule is COc1ccc(-c2nc3ccccc3c(=O)n2OC(=O)c2ccc(Cl)c(Cl)c2)cc1OC. The summed E-state index contributed by atoms with van der Waals surface area (Å²) in [4.78, 5) is 36.1. The zero-order valence-electron chi connectivity index (χ0n) is 17.0. The number of aromatic nitrogens is 2. The minimum Gasteiger partial charge on any atom is -0.493 e. The van der Waals surface area contributed by atoms with E-state index in [1.165, 1.54) is 32.4 Å². The highest BCUT2D eigenvalue weighted by Gasteiger charge is 2.20. The minimum atomic E-state index is -0.801. The van der Waals surface area contributed by atoms with Gasteiger partial charge in [0.25, 0.3) is 5.56 Å². The molecule has 0 N–H and O–H groups in total. The predicted octanol–water partition coefficient (Wildman–Crippen LogP) is 4.66. The third-order valence-electron chi connectivity index (χ3n) is 4.71. The monoisotopic (exact) mass is 470 g/mol. The van der Waals surface area contributed by atoms with Crippen molar-refractivity contribution in [2.75, 3.05) is 14.2 Å². The van der Waals surface area contributed by atoms with Crippen molar-refractivity contribution in [1.29, 1.82) is 0 Å². The fraction of sp³-hybridized carbons (Fsp3) is 0.0870. The van der Waals surface area contributed by atoms with Crippen molar-refractivity contribution in [2.45, 2.75) is 0 Å². The molecule has 9 heteroatoms. The molecule has 0 bridgehead atoms. The third kappa shape index (κ3) is 4.00. The Balaban J connectivity index is 1.89. The normalized spacial score (nSPS) is 10.8. The van der Waals surface area contributed by atoms with E-state index in [-0.39, 0.29) is 16.4 Å². The summed E-state index contributed by atoms with van der Waals surface area (Å²) in [5, 5.41) is 0.766. The fourth-order valence-electron chi connectivity index (χ4n) is 3.12. The Labute approximate surface area is 192 Å². The van der Waals surface area contributed by atoms with E-state index in [0.29, 0.717) is 33.0 Å². The summed E-state index contributed by atoms with van der Waals surface area (Å²) in [6, 6.07) is 16.0. The lowest BCUT2D eigenvalue weighted by atomic mass is 10.1. The second-order valence-electron chi connectivity index (χ2n) is 6.63. The Kier molecular flexibility index (Phi) is 6.03. The lowest BCUT2D eigenvalue weighted by Crippen LogP contribution is -2.33. The molecule has 0 saturated carbocycles. The van der Waals surface area contributed by atoms with Gasteiger partial charge in [-0.3, -0.25) is 4.79 Å². The molecule has 0 saturated heterocycles. The quantitative estimate of drug-likeness (QED) is 0.422. The average Bonchev–Trinajstić information content (AvgIpc) is 2.82. The number of nitrogens with zero attached hydrogens (tertiary/aromatic N) is 2. The van der Waals surface area contributed by atoms with Crippen LogP contribution in [0, 0.1) is 0 Å². The van der Waals surface area contributed by atoms with Gasteiger partial charge in [0.05, 0.1) is 40.7 Å². The maximum absolute atomic E-state index is 13.2. The van der Waals surface area contributed by atoms with Crippen LogP contribution in [0.4, 0.5) is 0 Å². The van der Waals surface area contributed by atoms with Crippen molar-refractivity contribution < 1.29 is 19.1 Å². The lowest BCUT2D eigenvalue weighted by Gasteiger charge is -2.14. The summed E-state index contributed by atoms with van der Waals surface area (Å²) in [5.74, 6) is 0.237. The summed E-state index contributed by atoms with van der Waals surface area (Å²) >= 11 is 11.9. The first-order valence-corrected chi connectivity index (χ1v) is 10.1. The molecule has 3 aromatic carbocycles. The second kappa shape index (κ2) is 8.90. The molecular formula is C23H16Cl2N2O5. The Bertz CT molecular complexity index is 1400. The van der Waals surface area contributed by atoms with Crippen LogP contribution in [0.1, 0.15) is 10.4 Å². The number of carbonyl (C=O) groups excluding carboxylic acids is 1. The minimum absolute atomic E-state index is 0.114. The van der Waals surface area contributed by atoms with Crippen LogP contribution in [0.15, 0.2) is 65.5 Å². The molecule has 0 fully saturated rings. The van der Waals surface area contributed by atoms with Gasteiger partial charge in [-0.25, -0.2) is 9.78 Å². The van der Waals surface area contributed by atoms with Gasteiger partial charge in [0, 0.05) is 5.56 Å². The number of hydrogen-bond donors (Lipinski definition) is 0. The van der Waals surface area contributed by atoms with E-state index in [4.69, 9.17) is 37.5 Å². The summed E-state index contributed by atoms with van der Waals surface area (Å²) in [7, 11) is 3.01. The molecule has 162 valence electrons. The highest BCUT2D eigenvalue weighted by atomic mass is 35.5. The molecule has 0 unspecified atom stereocenters. The first kappa shape index (κ1) is 21.7. The van der Waals surface area contributed by atoms with Crippen LogP contribution in [-0.4, -0.2) is 29.9 Å². The molecule has 0 aliphatic rings. The van der Waals surface area contributed by atoms with Gasteiger partial charge in [0.1, 0.15) is 0 Å². The van der Waals surface area contributed by atoms with Gasteiger partial charge in [-0.1, -0.05) is 35.3 Å². The van der Waals surface area contributed by atoms with E-state index < -0.39 is 11.5 Å². The predicted molar refractivity (Wildman–Crippen MR) is 122 cm³/mol. The van der Waals surface area contributed by atoms with Gasteiger partial charge in [-0.05, 0) is 48.5 Å². The second-order valence-corrected chi connectivity index (χ2v) is 7.44. The van der Waals surface area contributed by atoms with Crippen molar-refractivity contribution in [1.82, 2.24) is 9.71 Å². The molecule has 32 heavy (non-hydrogen) atoms. The van der Waals surface area contributed by atoms with E-state index in [1.54, 1.807) is 42.5 Å². The molecule has 0 spiro atoms. The van der Waals surface area contributed by atoms with E-state index >= 15 is 0 Å². The highest BCUT2D eigenvalue weighted by molar-refractivity contribution is 6.42. The van der Waals surface area contributed by atoms with Crippen LogP contribution in [-0.2, 0) is 0 Å². The molecule has 1 aromatic heterocycles. The standard InChI is InChI=1S/C23H16Cl2N2O5/c1-30-19-10-8-13(12-20(19)31-2)21-26-18-6-4-3-5-15(18)22(28)27(21)32-23(29)14-7-9-16(24)17(25)11-14/h3-12H,1-2H3. The molecule has 0 aliphatic heterocycles. The van der Waals surface area contributed by atoms with Crippen molar-refractivity contribution in [3.8, 4) is 22.9 Å². The molecule has 4 rings (SSSR count). The first-order valence-electron chi connectivity index (χ1n) is 9.35. The van der Waals surface area contributed by atoms with Crippen LogP contribution >= 0.6 is 23.2 Å². The van der Waals surface area contributed by atoms with Crippen molar-refractivity contribution >= 4 is 40.1 Å². The van der Waals surface area contributed by atoms with Crippen LogP contribution in [0.5, 0.6) is 11.5 Å². The molecule has 0 amide bonds. The number of fused-ring (bicyclic) bond motifs is 1. The molecular weight excluding hydrogens is 455 g/mol. The maximum Gasteiger partial charge on any atom is 0.363 e. The summed E-state index contributed by atoms with van der Waals surface area (Å²) in [6.45, 7) is 0. The number of para-hydroxylation sites is 1. The Hall–Kier alpha value is -3.55. The van der Waals surface area contributed by atoms with Crippen LogP contribution in [0.25, 0.3) is 22.3 Å². The van der Waals surface area contributed by atoms with Gasteiger partial charge in [-0.15, -0.1) is 4.73 Å². The van der Waals surface area contributed by atoms with Crippen LogP contribution in [0.2, 0.25) is 10.0 Å². The lowest BCUT2D eigenvalue weighted by molar-refractivity contribution is 0.0449. The number of carbonyl (C=O) groups is 1. The smallest absolute Gasteiger partial charge is 0.363 e. The zero-order chi connectivity index (χ0) is 22.8. The summed E-state index contributed by atoms with van der Waals surface area (Å²) in [6.07, 6.45) is 0. The van der Waals surface area contributed by atoms with Crippen molar-refractivity contribution in [3.05, 3.63) is 86.6 Å². The molecule has 0 aliphatic carbocycles. The molecule has 0 atom stereocenters. The van der Waals surface area contributed by atoms with Gasteiger partial charge < -0.3 is 14.3 Å². The number of halogens is 2. The van der Waals surface area contributed by atoms with E-state index in [0.717, 1.165) is 4.73 Å². The Morgan fingerprint density at radius 1 is 0.906 bits per heavy atom. The van der Waals surface area contributed by atoms with E-state index in [9.17, 15) is 9.59 Å². The Morgan fingerprint density at radius 2 is 1.66 bits per heavy atom. The largest absolute Gasteiger partial charge is 0.493 e. The Morgan fingerprint density at radius 3 is 2.38 bits per heavy atom. The fourth-order valence-corrected chi connectivity index (χ4v) is 3.42. The number of methoxy groups -OCH3 is 2. The van der Waals surface area contributed by atoms with Gasteiger partial charge in [0.15, 0.2) is 17.3 Å². The summed E-state index contributed by atoms with van der Waals surface area (Å²) < 4.78 is 11.5. The number of ether oxygens (including phenoxy) is 2. The number of benzene rings is 3. The maximum atomic E-state index is 13.2. The van der Waals surface area contributed by atoms with E-state index in [1.807, 2.05) is 0 Å². The topological polar surface area (TPSA) is 79.6 Å². The zero-order valence-corrected chi connectivity index (χ0v) is 18.5. The number of hydrogen-bond acceptors (Lipinski definition) is 6. The van der Waals surface area contributed by atoms with Crippen molar-refractivity contribution in [3.63, 3.8) is 0 Å². The first-order chi connectivity index (χ1) is 15.4. The van der Waals surface area contributed by atoms with Gasteiger partial charge >= 0.3 is 5.97 Å². The number of rotatable bonds is 5. The molecule has 1 heterocycles. The van der Waals surface area contributed by atoms with Crippen molar-refractivity contribution in [2.24, 2.45) is 0 Å². The molecule has 0 radical (unpaired) electrons.